The van der Waals surface area contributed by atoms with E-state index in [0.29, 0.717) is 34.6 Å². The maximum Gasteiger partial charge on any atom is 0.416 e. The molecule has 0 radical (unpaired) electrons. The smallest absolute Gasteiger partial charge is 0.416 e. The van der Waals surface area contributed by atoms with Crippen LogP contribution >= 0.6 is 0 Å². The molecule has 0 aliphatic rings. The number of hydrogen-bond donors (Lipinski definition) is 1. The molecule has 4 aromatic rings. The average molecular weight is 512 g/mol. The molecule has 0 aliphatic heterocycles. The quantitative estimate of drug-likeness (QED) is 0.117. The highest BCUT2D eigenvalue weighted by atomic mass is 19.4. The van der Waals surface area contributed by atoms with Gasteiger partial charge in [0.05, 0.1) is 24.8 Å². The summed E-state index contributed by atoms with van der Waals surface area (Å²) in [5.41, 5.74) is 3.36. The summed E-state index contributed by atoms with van der Waals surface area (Å²) in [4.78, 5) is 17.7. The minimum Gasteiger partial charge on any atom is -0.465 e. The lowest BCUT2D eigenvalue weighted by Crippen LogP contribution is -2.14. The third-order valence-corrected chi connectivity index (χ3v) is 5.33. The molecule has 0 amide bonds. The van der Waals surface area contributed by atoms with Crippen LogP contribution in [-0.2, 0) is 15.8 Å². The van der Waals surface area contributed by atoms with Gasteiger partial charge in [-0.1, -0.05) is 48.5 Å². The largest absolute Gasteiger partial charge is 0.465 e. The van der Waals surface area contributed by atoms with Crippen molar-refractivity contribution in [1.29, 1.82) is 0 Å². The van der Waals surface area contributed by atoms with Crippen LogP contribution in [0.2, 0.25) is 0 Å². The average Bonchev–Trinajstić information content (AvgIpc) is 3.39. The van der Waals surface area contributed by atoms with Crippen molar-refractivity contribution in [3.8, 4) is 17.0 Å². The van der Waals surface area contributed by atoms with Gasteiger partial charge in [-0.25, -0.2) is 4.79 Å². The van der Waals surface area contributed by atoms with Gasteiger partial charge in [-0.05, 0) is 41.5 Å². The number of benzene rings is 3. The van der Waals surface area contributed by atoms with Gasteiger partial charge in [-0.2, -0.15) is 13.2 Å². The monoisotopic (exact) mass is 512 g/mol. The maximum absolute atomic E-state index is 12.9. The highest BCUT2D eigenvalue weighted by Gasteiger charge is 2.30. The Morgan fingerprint density at radius 1 is 1.08 bits per heavy atom. The second kappa shape index (κ2) is 11.2. The fourth-order valence-electron chi connectivity index (χ4n) is 3.49. The topological polar surface area (TPSA) is 82.8 Å². The Morgan fingerprint density at radius 2 is 1.84 bits per heavy atom. The number of ether oxygens (including phenoxy) is 2. The summed E-state index contributed by atoms with van der Waals surface area (Å²) < 4.78 is 54.8. The predicted octanol–water partition coefficient (Wildman–Crippen LogP) is 6.61. The molecule has 0 fully saturated rings. The van der Waals surface area contributed by atoms with Crippen LogP contribution in [-0.4, -0.2) is 24.8 Å². The van der Waals surface area contributed by atoms with Crippen molar-refractivity contribution in [2.24, 2.45) is 0 Å². The van der Waals surface area contributed by atoms with Gasteiger partial charge in [-0.3, -0.25) is 10.3 Å². The van der Waals surface area contributed by atoms with Gasteiger partial charge in [0.15, 0.2) is 5.76 Å². The van der Waals surface area contributed by atoms with Crippen LogP contribution in [0, 0.1) is 0 Å². The number of aromatic nitrogens is 1. The Labute approximate surface area is 210 Å². The molecule has 0 unspecified atom stereocenters. The molecule has 0 atom stereocenters. The fourth-order valence-corrected chi connectivity index (χ4v) is 3.49. The zero-order valence-electron chi connectivity index (χ0n) is 20.0. The van der Waals surface area contributed by atoms with Crippen molar-refractivity contribution in [3.63, 3.8) is 0 Å². The summed E-state index contributed by atoms with van der Waals surface area (Å²) in [6.07, 6.45) is -2.36. The minimum atomic E-state index is -4.43. The molecule has 10 heteroatoms. The number of hydroxylamine groups is 1. The summed E-state index contributed by atoms with van der Waals surface area (Å²) >= 11 is 0. The minimum absolute atomic E-state index is 0.222. The summed E-state index contributed by atoms with van der Waals surface area (Å²) in [5.74, 6) is 0.0722. The Bertz CT molecular complexity index is 1410. The Hall–Kier alpha value is -4.31. The van der Waals surface area contributed by atoms with Gasteiger partial charge in [-0.15, -0.1) is 0 Å². The molecule has 37 heavy (non-hydrogen) atoms. The van der Waals surface area contributed by atoms with Crippen LogP contribution in [0.5, 0.6) is 5.75 Å². The second-order valence-corrected chi connectivity index (χ2v) is 7.93. The highest BCUT2D eigenvalue weighted by molar-refractivity contribution is 6.05. The van der Waals surface area contributed by atoms with E-state index in [1.54, 1.807) is 18.2 Å². The number of fused-ring (bicyclic) bond motifs is 1. The van der Waals surface area contributed by atoms with Crippen LogP contribution in [0.3, 0.4) is 0 Å². The van der Waals surface area contributed by atoms with Gasteiger partial charge in [0.1, 0.15) is 23.4 Å². The fraction of sp³-hybridized carbons (Fsp3) is 0.185. The van der Waals surface area contributed by atoms with Crippen LogP contribution in [0.4, 0.5) is 13.2 Å². The molecule has 0 saturated heterocycles. The van der Waals surface area contributed by atoms with Crippen LogP contribution in [0.15, 0.2) is 77.5 Å². The SMILES string of the molecule is CCCONC(=COc1cc(C(=O)OC)c2ccccc2c1)c1cc(-c2ccc(C(F)(F)F)cc2)no1. The van der Waals surface area contributed by atoms with E-state index in [-0.39, 0.29) is 11.5 Å². The zero-order chi connectivity index (χ0) is 26.4. The molecule has 7 nitrogen and oxygen atoms in total. The number of methoxy groups -OCH3 is 1. The van der Waals surface area contributed by atoms with Gasteiger partial charge in [0, 0.05) is 11.6 Å². The summed E-state index contributed by atoms with van der Waals surface area (Å²) in [6.45, 7) is 2.32. The molecule has 0 saturated carbocycles. The number of carbonyl (C=O) groups is 1. The first kappa shape index (κ1) is 25.8. The lowest BCUT2D eigenvalue weighted by molar-refractivity contribution is -0.137. The number of rotatable bonds is 9. The molecule has 1 N–H and O–H groups in total. The van der Waals surface area contributed by atoms with E-state index in [2.05, 4.69) is 10.6 Å². The third-order valence-electron chi connectivity index (χ3n) is 5.33. The lowest BCUT2D eigenvalue weighted by atomic mass is 10.0. The molecule has 4 rings (SSSR count). The first-order chi connectivity index (χ1) is 17.8. The Balaban J connectivity index is 1.63. The van der Waals surface area contributed by atoms with Crippen LogP contribution < -0.4 is 10.2 Å². The molecule has 0 spiro atoms. The standard InChI is InChI=1S/C27H23F3N2O5/c1-3-12-36-31-24(25-15-23(32-37-25)17-8-10-19(11-9-17)27(28,29)30)16-35-20-13-18-6-4-5-7-21(18)22(14-20)26(33)34-2/h4-11,13-16,31H,3,12H2,1-2H3. The van der Waals surface area contributed by atoms with Crippen LogP contribution in [0.1, 0.15) is 35.0 Å². The Morgan fingerprint density at radius 3 is 2.54 bits per heavy atom. The third kappa shape index (κ3) is 6.10. The first-order valence-corrected chi connectivity index (χ1v) is 11.3. The van der Waals surface area contributed by atoms with Crippen molar-refractivity contribution in [2.45, 2.75) is 19.5 Å². The Kier molecular flexibility index (Phi) is 7.78. The molecular formula is C27H23F3N2O5. The van der Waals surface area contributed by atoms with E-state index < -0.39 is 17.7 Å². The van der Waals surface area contributed by atoms with E-state index in [0.717, 1.165) is 23.9 Å². The number of carbonyl (C=O) groups excluding carboxylic acids is 1. The van der Waals surface area contributed by atoms with E-state index >= 15 is 0 Å². The number of hydrogen-bond acceptors (Lipinski definition) is 7. The number of nitrogens with one attached hydrogen (secondary N) is 1. The molecule has 1 aromatic heterocycles. The maximum atomic E-state index is 12.9. The number of esters is 1. The first-order valence-electron chi connectivity index (χ1n) is 11.3. The second-order valence-electron chi connectivity index (χ2n) is 7.93. The van der Waals surface area contributed by atoms with Gasteiger partial charge in [0.2, 0.25) is 0 Å². The van der Waals surface area contributed by atoms with Crippen LogP contribution in [0.25, 0.3) is 27.7 Å². The van der Waals surface area contributed by atoms with Gasteiger partial charge >= 0.3 is 12.1 Å². The summed E-state index contributed by atoms with van der Waals surface area (Å²) in [5, 5.41) is 5.45. The van der Waals surface area contributed by atoms with Crippen molar-refractivity contribution in [3.05, 3.63) is 89.9 Å². The zero-order valence-corrected chi connectivity index (χ0v) is 20.0. The van der Waals surface area contributed by atoms with Crippen molar-refractivity contribution < 1.29 is 36.8 Å². The molecule has 0 aliphatic carbocycles. The highest BCUT2D eigenvalue weighted by Crippen LogP contribution is 2.31. The summed E-state index contributed by atoms with van der Waals surface area (Å²) in [7, 11) is 1.30. The van der Waals surface area contributed by atoms with Crippen molar-refractivity contribution in [1.82, 2.24) is 10.6 Å². The van der Waals surface area contributed by atoms with E-state index in [1.807, 2.05) is 31.2 Å². The lowest BCUT2D eigenvalue weighted by Gasteiger charge is -2.10. The van der Waals surface area contributed by atoms with E-state index in [1.165, 1.54) is 25.5 Å². The van der Waals surface area contributed by atoms with E-state index in [9.17, 15) is 18.0 Å². The van der Waals surface area contributed by atoms with Gasteiger partial charge in [0.25, 0.3) is 0 Å². The molecule has 1 heterocycles. The molecule has 192 valence electrons. The van der Waals surface area contributed by atoms with E-state index in [4.69, 9.17) is 18.8 Å². The molecule has 0 bridgehead atoms. The number of alkyl halides is 3. The number of halogens is 3. The molecular weight excluding hydrogens is 489 g/mol. The predicted molar refractivity (Wildman–Crippen MR) is 130 cm³/mol. The summed E-state index contributed by atoms with van der Waals surface area (Å²) in [6, 6.07) is 16.8. The van der Waals surface area contributed by atoms with Crippen molar-refractivity contribution in [2.75, 3.05) is 13.7 Å². The number of nitrogens with zero attached hydrogens (tertiary/aromatic N) is 1. The normalized spacial score (nSPS) is 12.0. The molecule has 3 aromatic carbocycles. The van der Waals surface area contributed by atoms with Gasteiger partial charge < -0.3 is 14.0 Å². The van der Waals surface area contributed by atoms with Crippen molar-refractivity contribution >= 4 is 22.4 Å².